The number of hydrogen-bond acceptors (Lipinski definition) is 3. The number of nitrogens with zero attached hydrogens (tertiary/aromatic N) is 3. The van der Waals surface area contributed by atoms with Gasteiger partial charge >= 0.3 is 0 Å². The van der Waals surface area contributed by atoms with Gasteiger partial charge in [-0.15, -0.1) is 0 Å². The van der Waals surface area contributed by atoms with Gasteiger partial charge in [-0.2, -0.15) is 0 Å². The Morgan fingerprint density at radius 2 is 0.739 bits per heavy atom. The Bertz CT molecular complexity index is 4200. The van der Waals surface area contributed by atoms with Crippen LogP contribution in [0.15, 0.2) is 303 Å². The van der Waals surface area contributed by atoms with Crippen molar-refractivity contribution >= 4 is 126 Å². The highest BCUT2D eigenvalue weighted by atomic mass is 28.3. The minimum atomic E-state index is -2.87. The highest BCUT2D eigenvalue weighted by molar-refractivity contribution is 7.20. The van der Waals surface area contributed by atoms with Crippen molar-refractivity contribution in [3.63, 3.8) is 0 Å². The van der Waals surface area contributed by atoms with Gasteiger partial charge in [-0.05, 0) is 151 Å². The molecule has 0 N–H and O–H groups in total. The molecule has 3 aliphatic heterocycles. The lowest BCUT2D eigenvalue weighted by molar-refractivity contribution is 0.195. The second-order valence-electron chi connectivity index (χ2n) is 25.5. The van der Waals surface area contributed by atoms with Crippen LogP contribution in [-0.4, -0.2) is 28.4 Å². The molecular weight excluding hydrogens is 1090 g/mol. The van der Waals surface area contributed by atoms with Crippen molar-refractivity contribution in [1.29, 1.82) is 0 Å². The third kappa shape index (κ3) is 7.87. The molecule has 0 aromatic heterocycles. The number of para-hydroxylation sites is 3. The Morgan fingerprint density at radius 3 is 1.20 bits per heavy atom. The van der Waals surface area contributed by atoms with Crippen LogP contribution < -0.4 is 72.6 Å². The van der Waals surface area contributed by atoms with Crippen molar-refractivity contribution < 1.29 is 0 Å². The molecule has 0 spiro atoms. The number of rotatable bonds is 12. The molecule has 6 heteroatoms. The number of fused-ring (bicyclic) bond motifs is 7. The maximum Gasteiger partial charge on any atom is 0.252 e. The van der Waals surface area contributed by atoms with E-state index >= 15 is 0 Å². The first-order valence-corrected chi connectivity index (χ1v) is 35.7. The van der Waals surface area contributed by atoms with E-state index in [0.29, 0.717) is 0 Å². The van der Waals surface area contributed by atoms with Crippen LogP contribution in [0.1, 0.15) is 56.2 Å². The molecule has 0 saturated heterocycles. The normalized spacial score (nSPS) is 17.2. The second kappa shape index (κ2) is 21.2. The molecule has 12 aromatic carbocycles. The molecule has 2 unspecified atom stereocenters. The van der Waals surface area contributed by atoms with Crippen LogP contribution in [0.5, 0.6) is 0 Å². The topological polar surface area (TPSA) is 9.72 Å². The summed E-state index contributed by atoms with van der Waals surface area (Å²) in [6.07, 6.45) is 4.73. The highest BCUT2D eigenvalue weighted by Crippen LogP contribution is 2.62. The molecule has 0 radical (unpaired) electrons. The third-order valence-electron chi connectivity index (χ3n) is 21.1. The van der Waals surface area contributed by atoms with E-state index in [1.165, 1.54) is 122 Å². The van der Waals surface area contributed by atoms with Gasteiger partial charge in [-0.1, -0.05) is 281 Å². The zero-order valence-corrected chi connectivity index (χ0v) is 52.6. The largest absolute Gasteiger partial charge is 0.335 e. The molecule has 1 saturated carbocycles. The standard InChI is InChI=1S/C82H70BN3Si2/c1-59-29-23-24-46-75(59)85-76-57-63(58-77-78(76)83(73-44-27-30-60(2)79(73)85)74-45-28-43-72-80(74)86(77)82(4)56-26-25-55-81(72,82)3)84(61-47-51-70(52-48-61)87(64-31-11-5-12-32-64,65-33-13-6-14-34-65)66-35-15-7-16-36-66)62-49-53-71(54-50-62)88(67-37-17-8-18-38-67,68-39-19-9-20-40-68)69-41-21-10-22-42-69/h5-24,27-54,57-58H,25-26,55-56H2,1-4H3. The lowest BCUT2D eigenvalue weighted by Crippen LogP contribution is -2.74. The number of anilines is 8. The Kier molecular flexibility index (Phi) is 13.0. The van der Waals surface area contributed by atoms with E-state index < -0.39 is 16.1 Å². The summed E-state index contributed by atoms with van der Waals surface area (Å²) in [6, 6.07) is 116. The van der Waals surface area contributed by atoms with Crippen LogP contribution in [0, 0.1) is 13.8 Å². The van der Waals surface area contributed by atoms with Crippen LogP contribution in [-0.2, 0) is 5.41 Å². The van der Waals surface area contributed by atoms with Gasteiger partial charge in [0.15, 0.2) is 16.1 Å². The zero-order valence-electron chi connectivity index (χ0n) is 50.6. The Labute approximate surface area is 522 Å². The maximum absolute atomic E-state index is 2.88. The predicted molar refractivity (Wildman–Crippen MR) is 380 cm³/mol. The molecule has 4 aliphatic rings. The first-order chi connectivity index (χ1) is 43.2. The van der Waals surface area contributed by atoms with Gasteiger partial charge in [-0.3, -0.25) is 0 Å². The predicted octanol–water partition coefficient (Wildman–Crippen LogP) is 12.9. The average molecular weight is 1160 g/mol. The second-order valence-corrected chi connectivity index (χ2v) is 33.1. The van der Waals surface area contributed by atoms with Crippen LogP contribution in [0.2, 0.25) is 0 Å². The molecule has 12 aromatic rings. The first-order valence-electron chi connectivity index (χ1n) is 31.7. The Balaban J connectivity index is 0.984. The number of hydrogen-bond donors (Lipinski definition) is 0. The fourth-order valence-corrected chi connectivity index (χ4v) is 26.5. The van der Waals surface area contributed by atoms with Crippen molar-refractivity contribution in [2.45, 2.75) is 64.3 Å². The highest BCUT2D eigenvalue weighted by Gasteiger charge is 2.61. The summed E-state index contributed by atoms with van der Waals surface area (Å²) in [5, 5.41) is 10.8. The van der Waals surface area contributed by atoms with Gasteiger partial charge in [0.2, 0.25) is 0 Å². The first kappa shape index (κ1) is 54.0. The fraction of sp³-hybridized carbons (Fsp3) is 0.122. The zero-order chi connectivity index (χ0) is 59.2. The molecule has 424 valence electrons. The molecule has 0 amide bonds. The molecule has 16 rings (SSSR count). The summed E-state index contributed by atoms with van der Waals surface area (Å²) < 4.78 is 0. The van der Waals surface area contributed by atoms with Crippen molar-refractivity contribution in [2.75, 3.05) is 14.7 Å². The number of benzene rings is 12. The molecule has 3 heterocycles. The SMILES string of the molecule is Cc1ccccc1N1c2cc(N(c3ccc([Si](c4ccccc4)(c4ccccc4)c4ccccc4)cc3)c3ccc([Si](c4ccccc4)(c4ccccc4)c4ccccc4)cc3)cc3c2B(c2cccc(C)c21)c1cccc2c1N3C1(C)CCCCC21C. The molecule has 3 nitrogen and oxygen atoms in total. The van der Waals surface area contributed by atoms with E-state index in [1.807, 2.05) is 0 Å². The molecule has 0 bridgehead atoms. The molecule has 2 atom stereocenters. The summed E-state index contributed by atoms with van der Waals surface area (Å²) in [5.74, 6) is 0. The van der Waals surface area contributed by atoms with Crippen LogP contribution in [0.3, 0.4) is 0 Å². The van der Waals surface area contributed by atoms with Crippen LogP contribution in [0.25, 0.3) is 0 Å². The molecule has 1 fully saturated rings. The lowest BCUT2D eigenvalue weighted by atomic mass is 9.33. The van der Waals surface area contributed by atoms with Gasteiger partial charge in [-0.25, -0.2) is 0 Å². The van der Waals surface area contributed by atoms with Crippen molar-refractivity contribution in [3.05, 3.63) is 320 Å². The van der Waals surface area contributed by atoms with Crippen molar-refractivity contribution in [3.8, 4) is 0 Å². The van der Waals surface area contributed by atoms with Crippen molar-refractivity contribution in [2.24, 2.45) is 0 Å². The summed E-state index contributed by atoms with van der Waals surface area (Å²) in [7, 11) is -5.74. The van der Waals surface area contributed by atoms with Gasteiger partial charge in [0.25, 0.3) is 6.71 Å². The van der Waals surface area contributed by atoms with Gasteiger partial charge in [0.05, 0.1) is 11.2 Å². The van der Waals surface area contributed by atoms with E-state index in [4.69, 9.17) is 0 Å². The summed E-state index contributed by atoms with van der Waals surface area (Å²) >= 11 is 0. The van der Waals surface area contributed by atoms with E-state index in [-0.39, 0.29) is 17.7 Å². The smallest absolute Gasteiger partial charge is 0.252 e. The van der Waals surface area contributed by atoms with Gasteiger partial charge < -0.3 is 14.7 Å². The minimum Gasteiger partial charge on any atom is -0.335 e. The average Bonchev–Trinajstić information content (AvgIpc) is 1.44. The number of aryl methyl sites for hydroxylation is 2. The summed E-state index contributed by atoms with van der Waals surface area (Å²) in [5.41, 5.74) is 17.9. The Hall–Kier alpha value is -9.46. The van der Waals surface area contributed by atoms with Crippen LogP contribution in [0.4, 0.5) is 45.5 Å². The van der Waals surface area contributed by atoms with E-state index in [9.17, 15) is 0 Å². The third-order valence-corrected chi connectivity index (χ3v) is 30.7. The van der Waals surface area contributed by atoms with Gasteiger partial charge in [0, 0.05) is 45.2 Å². The molecule has 1 aliphatic carbocycles. The van der Waals surface area contributed by atoms with Crippen LogP contribution >= 0.6 is 0 Å². The van der Waals surface area contributed by atoms with Crippen molar-refractivity contribution in [1.82, 2.24) is 0 Å². The van der Waals surface area contributed by atoms with Gasteiger partial charge in [0.1, 0.15) is 0 Å². The van der Waals surface area contributed by atoms with E-state index in [1.54, 1.807) is 0 Å². The monoisotopic (exact) mass is 1160 g/mol. The maximum atomic E-state index is 2.88. The van der Waals surface area contributed by atoms with E-state index in [0.717, 1.165) is 23.5 Å². The summed E-state index contributed by atoms with van der Waals surface area (Å²) in [4.78, 5) is 8.13. The lowest BCUT2D eigenvalue weighted by Gasteiger charge is -2.53. The Morgan fingerprint density at radius 1 is 0.352 bits per heavy atom. The quantitative estimate of drug-likeness (QED) is 0.0892. The summed E-state index contributed by atoms with van der Waals surface area (Å²) in [6.45, 7) is 9.85. The fourth-order valence-electron chi connectivity index (χ4n) is 17.0. The van der Waals surface area contributed by atoms with E-state index in [2.05, 4.69) is 346 Å². The molecule has 88 heavy (non-hydrogen) atoms. The minimum absolute atomic E-state index is 0.0389. The molecular formula is C82H70BN3Si2.